The number of ether oxygens (including phenoxy) is 1. The molecule has 0 radical (unpaired) electrons. The maximum Gasteiger partial charge on any atom is 0.255 e. The number of benzene rings is 2. The topological polar surface area (TPSA) is 94.0 Å². The maximum atomic E-state index is 13.4. The smallest absolute Gasteiger partial charge is 0.255 e. The number of nitrogens with one attached hydrogen (secondary N) is 2. The van der Waals surface area contributed by atoms with E-state index in [1.54, 1.807) is 11.8 Å². The summed E-state index contributed by atoms with van der Waals surface area (Å²) in [6, 6.07) is 11.0. The van der Waals surface area contributed by atoms with Crippen LogP contribution < -0.4 is 15.4 Å². The van der Waals surface area contributed by atoms with Crippen molar-refractivity contribution in [3.63, 3.8) is 0 Å². The number of amides is 1. The van der Waals surface area contributed by atoms with Crippen molar-refractivity contribution in [3.8, 4) is 5.75 Å². The molecule has 0 spiro atoms. The molecule has 1 aliphatic heterocycles. The van der Waals surface area contributed by atoms with Gasteiger partial charge in [-0.2, -0.15) is 4.68 Å². The molecule has 30 heavy (non-hydrogen) atoms. The van der Waals surface area contributed by atoms with Crippen molar-refractivity contribution in [3.05, 3.63) is 68.8 Å². The van der Waals surface area contributed by atoms with Crippen molar-refractivity contribution in [1.29, 1.82) is 0 Å². The van der Waals surface area contributed by atoms with Gasteiger partial charge < -0.3 is 15.4 Å². The molecular weight excluding hydrogens is 448 g/mol. The molecule has 4 rings (SSSR count). The van der Waals surface area contributed by atoms with Crippen molar-refractivity contribution < 1.29 is 9.53 Å². The largest absolute Gasteiger partial charge is 0.496 e. The normalized spacial score (nSPS) is 15.4. The predicted octanol–water partition coefficient (Wildman–Crippen LogP) is 3.99. The highest BCUT2D eigenvalue weighted by Gasteiger charge is 2.34. The quantitative estimate of drug-likeness (QED) is 0.600. The molecule has 9 heteroatoms. The number of allylic oxidation sites excluding steroid dienone is 1. The van der Waals surface area contributed by atoms with E-state index in [1.165, 1.54) is 0 Å². The number of carbonyl (C=O) groups is 1. The van der Waals surface area contributed by atoms with Crippen LogP contribution in [0, 0.1) is 13.8 Å². The number of nitrogens with zero attached hydrogens (tertiary/aromatic N) is 4. The highest BCUT2D eigenvalue weighted by atomic mass is 79.9. The fourth-order valence-electron chi connectivity index (χ4n) is 3.54. The van der Waals surface area contributed by atoms with E-state index < -0.39 is 6.04 Å². The van der Waals surface area contributed by atoms with Gasteiger partial charge in [0.25, 0.3) is 5.91 Å². The zero-order valence-corrected chi connectivity index (χ0v) is 18.6. The van der Waals surface area contributed by atoms with E-state index in [2.05, 4.69) is 42.1 Å². The number of carbonyl (C=O) groups excluding carboxylic acids is 1. The summed E-state index contributed by atoms with van der Waals surface area (Å²) in [7, 11) is 1.61. The Morgan fingerprint density at radius 2 is 2.03 bits per heavy atom. The first-order chi connectivity index (χ1) is 14.4. The maximum absolute atomic E-state index is 13.4. The summed E-state index contributed by atoms with van der Waals surface area (Å²) in [6.45, 7) is 5.85. The first-order valence-corrected chi connectivity index (χ1v) is 10.2. The number of methoxy groups -OCH3 is 1. The molecule has 2 aromatic carbocycles. The Balaban J connectivity index is 1.79. The molecule has 1 unspecified atom stereocenters. The molecule has 1 atom stereocenters. The van der Waals surface area contributed by atoms with Gasteiger partial charge in [-0.1, -0.05) is 23.3 Å². The van der Waals surface area contributed by atoms with E-state index in [1.807, 2.05) is 57.2 Å². The molecule has 0 saturated heterocycles. The van der Waals surface area contributed by atoms with Gasteiger partial charge in [-0.3, -0.25) is 4.79 Å². The number of aryl methyl sites for hydroxylation is 1. The second-order valence-electron chi connectivity index (χ2n) is 7.11. The SMILES string of the molecule is COc1ccc(C2C(C(=O)Nc3cccc(C)c3C)=C(C)Nc3nnnn32)cc1Br. The summed E-state index contributed by atoms with van der Waals surface area (Å²) in [5, 5.41) is 18.1. The van der Waals surface area contributed by atoms with Gasteiger partial charge in [-0.15, -0.1) is 0 Å². The monoisotopic (exact) mass is 468 g/mol. The number of aromatic nitrogens is 4. The van der Waals surface area contributed by atoms with E-state index >= 15 is 0 Å². The van der Waals surface area contributed by atoms with Crippen LogP contribution >= 0.6 is 15.9 Å². The number of halogens is 1. The second-order valence-corrected chi connectivity index (χ2v) is 7.96. The summed E-state index contributed by atoms with van der Waals surface area (Å²) in [6.07, 6.45) is 0. The summed E-state index contributed by atoms with van der Waals surface area (Å²) >= 11 is 3.53. The van der Waals surface area contributed by atoms with Gasteiger partial charge in [-0.05, 0) is 82.0 Å². The summed E-state index contributed by atoms with van der Waals surface area (Å²) < 4.78 is 7.73. The van der Waals surface area contributed by atoms with E-state index in [9.17, 15) is 4.79 Å². The summed E-state index contributed by atoms with van der Waals surface area (Å²) in [5.74, 6) is 0.964. The average molecular weight is 469 g/mol. The molecule has 0 fully saturated rings. The van der Waals surface area contributed by atoms with Crippen molar-refractivity contribution in [2.45, 2.75) is 26.8 Å². The predicted molar refractivity (Wildman–Crippen MR) is 118 cm³/mol. The van der Waals surface area contributed by atoms with Crippen molar-refractivity contribution in [2.75, 3.05) is 17.7 Å². The highest BCUT2D eigenvalue weighted by molar-refractivity contribution is 9.10. The third-order valence-electron chi connectivity index (χ3n) is 5.30. The molecular formula is C21H21BrN6O2. The van der Waals surface area contributed by atoms with Gasteiger partial charge >= 0.3 is 0 Å². The van der Waals surface area contributed by atoms with Crippen LogP contribution in [0.1, 0.15) is 29.7 Å². The molecule has 2 heterocycles. The number of hydrogen-bond donors (Lipinski definition) is 2. The van der Waals surface area contributed by atoms with Crippen molar-refractivity contribution in [2.24, 2.45) is 0 Å². The number of fused-ring (bicyclic) bond motifs is 1. The molecule has 8 nitrogen and oxygen atoms in total. The molecule has 0 aliphatic carbocycles. The Morgan fingerprint density at radius 3 is 2.77 bits per heavy atom. The molecule has 0 saturated carbocycles. The fourth-order valence-corrected chi connectivity index (χ4v) is 4.10. The zero-order chi connectivity index (χ0) is 21.4. The van der Waals surface area contributed by atoms with Crippen LogP contribution in [-0.2, 0) is 4.79 Å². The third-order valence-corrected chi connectivity index (χ3v) is 5.92. The van der Waals surface area contributed by atoms with Crippen LogP contribution in [0.2, 0.25) is 0 Å². The number of hydrogen-bond acceptors (Lipinski definition) is 6. The van der Waals surface area contributed by atoms with Crippen LogP contribution in [0.15, 0.2) is 52.1 Å². The van der Waals surface area contributed by atoms with Crippen LogP contribution in [0.5, 0.6) is 5.75 Å². The van der Waals surface area contributed by atoms with Gasteiger partial charge in [0, 0.05) is 11.4 Å². The van der Waals surface area contributed by atoms with Crippen molar-refractivity contribution >= 4 is 33.5 Å². The van der Waals surface area contributed by atoms with E-state index in [0.29, 0.717) is 23.0 Å². The van der Waals surface area contributed by atoms with Gasteiger partial charge in [0.15, 0.2) is 0 Å². The Labute approximate surface area is 182 Å². The fraction of sp³-hybridized carbons (Fsp3) is 0.238. The van der Waals surface area contributed by atoms with Gasteiger partial charge in [0.05, 0.1) is 17.2 Å². The Hall–Kier alpha value is -3.20. The Morgan fingerprint density at radius 1 is 1.23 bits per heavy atom. The summed E-state index contributed by atoms with van der Waals surface area (Å²) in [4.78, 5) is 13.4. The van der Waals surface area contributed by atoms with E-state index in [0.717, 1.165) is 26.9 Å². The van der Waals surface area contributed by atoms with Crippen LogP contribution in [0.25, 0.3) is 0 Å². The van der Waals surface area contributed by atoms with Gasteiger partial charge in [-0.25, -0.2) is 0 Å². The standard InChI is InChI=1S/C21H21BrN6O2/c1-11-6-5-7-16(12(11)2)24-20(29)18-13(3)23-21-25-26-27-28(21)19(18)14-8-9-17(30-4)15(22)10-14/h5-10,19H,1-4H3,(H,24,29)(H,23,25,27). The molecule has 3 aromatic rings. The first-order valence-electron chi connectivity index (χ1n) is 9.37. The van der Waals surface area contributed by atoms with E-state index in [-0.39, 0.29) is 5.91 Å². The number of tetrazole rings is 1. The highest BCUT2D eigenvalue weighted by Crippen LogP contribution is 2.37. The minimum atomic E-state index is -0.497. The third kappa shape index (κ3) is 3.45. The summed E-state index contributed by atoms with van der Waals surface area (Å²) in [5.41, 5.74) is 4.99. The molecule has 1 aromatic heterocycles. The lowest BCUT2D eigenvalue weighted by atomic mass is 9.94. The second kappa shape index (κ2) is 7.91. The van der Waals surface area contributed by atoms with Crippen LogP contribution in [-0.4, -0.2) is 33.2 Å². The lowest BCUT2D eigenvalue weighted by Gasteiger charge is -2.28. The van der Waals surface area contributed by atoms with Crippen LogP contribution in [0.3, 0.4) is 0 Å². The molecule has 1 amide bonds. The van der Waals surface area contributed by atoms with E-state index in [4.69, 9.17) is 4.74 Å². The lowest BCUT2D eigenvalue weighted by molar-refractivity contribution is -0.113. The number of rotatable bonds is 4. The zero-order valence-electron chi connectivity index (χ0n) is 17.0. The molecule has 0 bridgehead atoms. The molecule has 2 N–H and O–H groups in total. The van der Waals surface area contributed by atoms with Gasteiger partial charge in [0.1, 0.15) is 11.8 Å². The number of anilines is 2. The lowest BCUT2D eigenvalue weighted by Crippen LogP contribution is -2.31. The Bertz CT molecular complexity index is 1170. The van der Waals surface area contributed by atoms with Gasteiger partial charge in [0.2, 0.25) is 5.95 Å². The molecule has 1 aliphatic rings. The van der Waals surface area contributed by atoms with Crippen molar-refractivity contribution in [1.82, 2.24) is 20.2 Å². The Kier molecular flexibility index (Phi) is 5.29. The van der Waals surface area contributed by atoms with Crippen LogP contribution in [0.4, 0.5) is 11.6 Å². The molecule has 154 valence electrons. The first kappa shape index (κ1) is 20.1. The minimum Gasteiger partial charge on any atom is -0.496 e. The average Bonchev–Trinajstić information content (AvgIpc) is 3.18. The minimum absolute atomic E-state index is 0.216.